The number of pyridine rings is 1. The molecule has 0 unspecified atom stereocenters. The summed E-state index contributed by atoms with van der Waals surface area (Å²) >= 11 is 3.00. The lowest BCUT2D eigenvalue weighted by Gasteiger charge is -2.10. The van der Waals surface area contributed by atoms with Crippen LogP contribution < -0.4 is 5.32 Å². The average Bonchev–Trinajstić information content (AvgIpc) is 3.13. The summed E-state index contributed by atoms with van der Waals surface area (Å²) in [7, 11) is 0. The van der Waals surface area contributed by atoms with E-state index >= 15 is 0 Å². The fourth-order valence-corrected chi connectivity index (χ4v) is 4.55. The van der Waals surface area contributed by atoms with Crippen molar-refractivity contribution in [2.24, 2.45) is 0 Å². The number of hydrogen-bond acceptors (Lipinski definition) is 5. The molecule has 0 aliphatic rings. The van der Waals surface area contributed by atoms with E-state index in [4.69, 9.17) is 0 Å². The summed E-state index contributed by atoms with van der Waals surface area (Å²) in [4.78, 5) is 24.3. The first kappa shape index (κ1) is 18.4. The molecule has 2 aromatic heterocycles. The molecule has 1 N–H and O–H groups in total. The Labute approximate surface area is 171 Å². The van der Waals surface area contributed by atoms with E-state index in [-0.39, 0.29) is 5.91 Å². The first-order chi connectivity index (χ1) is 13.7. The molecular weight excluding hydrogens is 386 g/mol. The molecule has 0 spiro atoms. The fourth-order valence-electron chi connectivity index (χ4n) is 2.67. The van der Waals surface area contributed by atoms with Crippen LogP contribution in [0.25, 0.3) is 10.6 Å². The van der Waals surface area contributed by atoms with Crippen molar-refractivity contribution in [3.05, 3.63) is 89.7 Å². The number of anilines is 1. The zero-order valence-electron chi connectivity index (χ0n) is 15.1. The van der Waals surface area contributed by atoms with E-state index in [9.17, 15) is 4.79 Å². The van der Waals surface area contributed by atoms with Crippen LogP contribution in [0.15, 0.2) is 88.9 Å². The van der Waals surface area contributed by atoms with Crippen molar-refractivity contribution in [2.45, 2.75) is 16.7 Å². The van der Waals surface area contributed by atoms with Crippen LogP contribution in [0.5, 0.6) is 0 Å². The van der Waals surface area contributed by atoms with Crippen LogP contribution in [0.1, 0.15) is 15.4 Å². The van der Waals surface area contributed by atoms with E-state index < -0.39 is 0 Å². The van der Waals surface area contributed by atoms with Crippen molar-refractivity contribution < 1.29 is 4.79 Å². The molecule has 4 aromatic rings. The maximum absolute atomic E-state index is 12.9. The third-order valence-corrected chi connectivity index (χ3v) is 6.31. The van der Waals surface area contributed by atoms with E-state index in [1.807, 2.05) is 61.5 Å². The summed E-state index contributed by atoms with van der Waals surface area (Å²) < 4.78 is 0. The molecule has 138 valence electrons. The molecule has 0 aliphatic carbocycles. The predicted molar refractivity (Wildman–Crippen MR) is 115 cm³/mol. The van der Waals surface area contributed by atoms with Crippen molar-refractivity contribution in [1.29, 1.82) is 0 Å². The van der Waals surface area contributed by atoms with Crippen molar-refractivity contribution in [1.82, 2.24) is 9.97 Å². The van der Waals surface area contributed by atoms with Gasteiger partial charge in [-0.05, 0) is 43.3 Å². The minimum Gasteiger partial charge on any atom is -0.320 e. The highest BCUT2D eigenvalue weighted by Gasteiger charge is 2.17. The second-order valence-corrected chi connectivity index (χ2v) is 8.16. The molecule has 2 heterocycles. The van der Waals surface area contributed by atoms with Gasteiger partial charge >= 0.3 is 0 Å². The Morgan fingerprint density at radius 1 is 1.00 bits per heavy atom. The number of nitrogens with zero attached hydrogens (tertiary/aromatic N) is 2. The second-order valence-electron chi connectivity index (χ2n) is 6.04. The van der Waals surface area contributed by atoms with Crippen molar-refractivity contribution in [3.63, 3.8) is 0 Å². The Balaban J connectivity index is 1.57. The van der Waals surface area contributed by atoms with Gasteiger partial charge in [0.05, 0.1) is 11.4 Å². The molecule has 6 heteroatoms. The SMILES string of the molecule is Cc1nc(-c2cccnc2)sc1C(=O)Nc1ccccc1Sc1ccccc1. The van der Waals surface area contributed by atoms with Gasteiger partial charge in [0.1, 0.15) is 9.88 Å². The van der Waals surface area contributed by atoms with Gasteiger partial charge in [-0.3, -0.25) is 9.78 Å². The minimum atomic E-state index is -0.147. The molecule has 0 aliphatic heterocycles. The Morgan fingerprint density at radius 2 is 1.79 bits per heavy atom. The van der Waals surface area contributed by atoms with E-state index in [2.05, 4.69) is 27.4 Å². The van der Waals surface area contributed by atoms with Crippen LogP contribution in [-0.2, 0) is 0 Å². The second kappa shape index (κ2) is 8.37. The smallest absolute Gasteiger partial charge is 0.267 e. The van der Waals surface area contributed by atoms with Crippen LogP contribution in [0.3, 0.4) is 0 Å². The largest absolute Gasteiger partial charge is 0.320 e. The Morgan fingerprint density at radius 3 is 2.57 bits per heavy atom. The van der Waals surface area contributed by atoms with Gasteiger partial charge in [0.15, 0.2) is 0 Å². The summed E-state index contributed by atoms with van der Waals surface area (Å²) in [6, 6.07) is 21.7. The van der Waals surface area contributed by atoms with Crippen molar-refractivity contribution in [3.8, 4) is 10.6 Å². The summed E-state index contributed by atoms with van der Waals surface area (Å²) in [6.07, 6.45) is 3.48. The monoisotopic (exact) mass is 403 g/mol. The highest BCUT2D eigenvalue weighted by molar-refractivity contribution is 7.99. The maximum atomic E-state index is 12.9. The molecule has 0 radical (unpaired) electrons. The molecule has 0 saturated heterocycles. The first-order valence-corrected chi connectivity index (χ1v) is 10.3. The van der Waals surface area contributed by atoms with Gasteiger partial charge in [0.2, 0.25) is 0 Å². The molecule has 1 amide bonds. The van der Waals surface area contributed by atoms with Gasteiger partial charge in [-0.25, -0.2) is 4.98 Å². The van der Waals surface area contributed by atoms with Crippen LogP contribution in [0.2, 0.25) is 0 Å². The highest BCUT2D eigenvalue weighted by atomic mass is 32.2. The van der Waals surface area contributed by atoms with Crippen LogP contribution in [0.4, 0.5) is 5.69 Å². The number of aromatic nitrogens is 2. The van der Waals surface area contributed by atoms with Gasteiger partial charge < -0.3 is 5.32 Å². The van der Waals surface area contributed by atoms with E-state index in [0.29, 0.717) is 4.88 Å². The lowest BCUT2D eigenvalue weighted by atomic mass is 10.3. The molecule has 2 aromatic carbocycles. The number of carbonyl (C=O) groups excluding carboxylic acids is 1. The van der Waals surface area contributed by atoms with E-state index in [1.54, 1.807) is 24.2 Å². The lowest BCUT2D eigenvalue weighted by molar-refractivity contribution is 0.102. The van der Waals surface area contributed by atoms with Gasteiger partial charge in [-0.1, -0.05) is 42.1 Å². The normalized spacial score (nSPS) is 10.6. The summed E-state index contributed by atoms with van der Waals surface area (Å²) in [6.45, 7) is 1.86. The topological polar surface area (TPSA) is 54.9 Å². The molecule has 28 heavy (non-hydrogen) atoms. The standard InChI is InChI=1S/C22H17N3OS2/c1-15-20(28-22(24-15)16-8-7-13-23-14-16)21(26)25-18-11-5-6-12-19(18)27-17-9-3-2-4-10-17/h2-14H,1H3,(H,25,26). The Kier molecular flexibility index (Phi) is 5.50. The number of carbonyl (C=O) groups is 1. The van der Waals surface area contributed by atoms with Gasteiger partial charge in [0, 0.05) is 27.7 Å². The Bertz CT molecular complexity index is 1100. The number of benzene rings is 2. The Hall–Kier alpha value is -2.96. The number of rotatable bonds is 5. The molecule has 0 atom stereocenters. The van der Waals surface area contributed by atoms with Crippen LogP contribution in [0, 0.1) is 6.92 Å². The number of nitrogens with one attached hydrogen (secondary N) is 1. The summed E-state index contributed by atoms with van der Waals surface area (Å²) in [5, 5.41) is 3.84. The van der Waals surface area contributed by atoms with Crippen LogP contribution in [-0.4, -0.2) is 15.9 Å². The average molecular weight is 404 g/mol. The zero-order valence-corrected chi connectivity index (χ0v) is 16.8. The zero-order chi connectivity index (χ0) is 19.3. The van der Waals surface area contributed by atoms with Gasteiger partial charge in [0.25, 0.3) is 5.91 Å². The molecule has 0 bridgehead atoms. The number of aryl methyl sites for hydroxylation is 1. The molecule has 4 nitrogen and oxygen atoms in total. The minimum absolute atomic E-state index is 0.147. The summed E-state index contributed by atoms with van der Waals surface area (Å²) in [5.41, 5.74) is 2.42. The number of para-hydroxylation sites is 1. The maximum Gasteiger partial charge on any atom is 0.267 e. The number of thiazole rings is 1. The lowest BCUT2D eigenvalue weighted by Crippen LogP contribution is -2.12. The van der Waals surface area contributed by atoms with Gasteiger partial charge in [-0.15, -0.1) is 11.3 Å². The van der Waals surface area contributed by atoms with Crippen molar-refractivity contribution >= 4 is 34.7 Å². The van der Waals surface area contributed by atoms with Crippen molar-refractivity contribution in [2.75, 3.05) is 5.32 Å². The third kappa shape index (κ3) is 4.13. The van der Waals surface area contributed by atoms with E-state index in [0.717, 1.165) is 31.7 Å². The molecular formula is C22H17N3OS2. The summed E-state index contributed by atoms with van der Waals surface area (Å²) in [5.74, 6) is -0.147. The highest BCUT2D eigenvalue weighted by Crippen LogP contribution is 2.34. The fraction of sp³-hybridized carbons (Fsp3) is 0.0455. The molecule has 0 fully saturated rings. The third-order valence-electron chi connectivity index (χ3n) is 4.02. The number of amides is 1. The first-order valence-electron chi connectivity index (χ1n) is 8.72. The van der Waals surface area contributed by atoms with E-state index in [1.165, 1.54) is 11.3 Å². The van der Waals surface area contributed by atoms with Gasteiger partial charge in [-0.2, -0.15) is 0 Å². The predicted octanol–water partition coefficient (Wildman–Crippen LogP) is 5.92. The van der Waals surface area contributed by atoms with Crippen LogP contribution >= 0.6 is 23.1 Å². The molecule has 0 saturated carbocycles. The molecule has 4 rings (SSSR count). The quantitative estimate of drug-likeness (QED) is 0.450. The number of hydrogen-bond donors (Lipinski definition) is 1.